The molecule has 0 radical (unpaired) electrons. The van der Waals surface area contributed by atoms with Crippen molar-refractivity contribution in [2.45, 2.75) is 26.2 Å². The van der Waals surface area contributed by atoms with E-state index >= 15 is 0 Å². The molecule has 1 unspecified atom stereocenters. The summed E-state index contributed by atoms with van der Waals surface area (Å²) in [4.78, 5) is 25.1. The third-order valence-corrected chi connectivity index (χ3v) is 5.94. The second kappa shape index (κ2) is 6.31. The number of amides is 1. The van der Waals surface area contributed by atoms with E-state index in [1.165, 1.54) is 18.2 Å². The van der Waals surface area contributed by atoms with Crippen LogP contribution in [0, 0.1) is 19.7 Å². The van der Waals surface area contributed by atoms with E-state index < -0.39 is 11.8 Å². The summed E-state index contributed by atoms with van der Waals surface area (Å²) in [7, 11) is 0. The molecular formula is C19H15FN2O4S. The number of halogens is 1. The van der Waals surface area contributed by atoms with E-state index in [1.54, 1.807) is 19.9 Å². The lowest BCUT2D eigenvalue weighted by molar-refractivity contribution is -0.116. The minimum atomic E-state index is -1.12. The number of anilines is 1. The van der Waals surface area contributed by atoms with Crippen molar-refractivity contribution in [3.63, 3.8) is 0 Å². The normalized spacial score (nSPS) is 16.1. The molecule has 0 saturated heterocycles. The van der Waals surface area contributed by atoms with E-state index in [2.05, 4.69) is 10.5 Å². The van der Waals surface area contributed by atoms with Crippen LogP contribution in [0.3, 0.4) is 0 Å². The fourth-order valence-electron chi connectivity index (χ4n) is 3.58. The van der Waals surface area contributed by atoms with Crippen LogP contribution >= 0.6 is 11.3 Å². The third-order valence-electron chi connectivity index (χ3n) is 4.65. The summed E-state index contributed by atoms with van der Waals surface area (Å²) in [5.74, 6) is -1.60. The number of rotatable bonds is 3. The van der Waals surface area contributed by atoms with Crippen LogP contribution in [0.1, 0.15) is 43.9 Å². The lowest BCUT2D eigenvalue weighted by Gasteiger charge is -2.23. The number of nitrogens with zero attached hydrogens (tertiary/aromatic N) is 1. The van der Waals surface area contributed by atoms with Crippen molar-refractivity contribution in [3.8, 4) is 11.1 Å². The van der Waals surface area contributed by atoms with Crippen LogP contribution in [0.25, 0.3) is 11.1 Å². The number of carboxylic acids is 1. The minimum absolute atomic E-state index is 0.0598. The molecule has 1 atom stereocenters. The van der Waals surface area contributed by atoms with Crippen LogP contribution in [-0.2, 0) is 4.79 Å². The van der Waals surface area contributed by atoms with Gasteiger partial charge >= 0.3 is 5.97 Å². The highest BCUT2D eigenvalue weighted by molar-refractivity contribution is 7.15. The van der Waals surface area contributed by atoms with Gasteiger partial charge in [-0.15, -0.1) is 11.3 Å². The average molecular weight is 386 g/mol. The molecule has 0 saturated carbocycles. The number of benzene rings is 1. The van der Waals surface area contributed by atoms with E-state index in [0.29, 0.717) is 33.1 Å². The zero-order valence-electron chi connectivity index (χ0n) is 14.5. The molecule has 2 aromatic heterocycles. The predicted octanol–water partition coefficient (Wildman–Crippen LogP) is 4.33. The summed E-state index contributed by atoms with van der Waals surface area (Å²) in [6, 6.07) is 5.69. The molecular weight excluding hydrogens is 371 g/mol. The fourth-order valence-corrected chi connectivity index (χ4v) is 4.81. The molecule has 0 aliphatic carbocycles. The van der Waals surface area contributed by atoms with Gasteiger partial charge in [0.25, 0.3) is 0 Å². The molecule has 6 nitrogen and oxygen atoms in total. The molecule has 1 aliphatic rings. The number of carbonyl (C=O) groups is 2. The van der Waals surface area contributed by atoms with Crippen LogP contribution in [0.4, 0.5) is 10.1 Å². The molecule has 3 heterocycles. The maximum atomic E-state index is 13.8. The minimum Gasteiger partial charge on any atom is -0.477 e. The summed E-state index contributed by atoms with van der Waals surface area (Å²) in [6.07, 6.45) is 0.165. The third kappa shape index (κ3) is 2.82. The number of aryl methyl sites for hydroxylation is 2. The van der Waals surface area contributed by atoms with Crippen LogP contribution in [0.15, 0.2) is 28.8 Å². The van der Waals surface area contributed by atoms with E-state index in [4.69, 9.17) is 4.52 Å². The topological polar surface area (TPSA) is 92.4 Å². The SMILES string of the molecule is Cc1noc(C)c1C1CC(=O)Nc2c1sc(C(=O)O)c2-c1cccc(F)c1. The van der Waals surface area contributed by atoms with Crippen LogP contribution in [-0.4, -0.2) is 22.1 Å². The summed E-state index contributed by atoms with van der Waals surface area (Å²) in [6.45, 7) is 3.55. The smallest absolute Gasteiger partial charge is 0.346 e. The van der Waals surface area contributed by atoms with Gasteiger partial charge in [-0.1, -0.05) is 17.3 Å². The summed E-state index contributed by atoms with van der Waals surface area (Å²) in [5, 5.41) is 16.5. The molecule has 4 rings (SSSR count). The molecule has 1 aliphatic heterocycles. The number of aromatic carboxylic acids is 1. The summed E-state index contributed by atoms with van der Waals surface area (Å²) < 4.78 is 19.0. The molecule has 138 valence electrons. The Bertz CT molecular complexity index is 1070. The number of fused-ring (bicyclic) bond motifs is 1. The van der Waals surface area contributed by atoms with E-state index in [-0.39, 0.29) is 23.1 Å². The first-order chi connectivity index (χ1) is 12.9. The second-order valence-corrected chi connectivity index (χ2v) is 7.46. The van der Waals surface area contributed by atoms with E-state index in [1.807, 2.05) is 0 Å². The molecule has 3 aromatic rings. The Hall–Kier alpha value is -3.00. The van der Waals surface area contributed by atoms with Crippen molar-refractivity contribution in [1.29, 1.82) is 0 Å². The number of nitrogens with one attached hydrogen (secondary N) is 1. The van der Waals surface area contributed by atoms with Gasteiger partial charge in [0, 0.05) is 28.3 Å². The van der Waals surface area contributed by atoms with Crippen LogP contribution < -0.4 is 5.32 Å². The Morgan fingerprint density at radius 2 is 2.19 bits per heavy atom. The largest absolute Gasteiger partial charge is 0.477 e. The number of carbonyl (C=O) groups excluding carboxylic acids is 1. The van der Waals surface area contributed by atoms with Gasteiger partial charge in [0.05, 0.1) is 11.4 Å². The van der Waals surface area contributed by atoms with E-state index in [0.717, 1.165) is 16.9 Å². The summed E-state index contributed by atoms with van der Waals surface area (Å²) in [5.41, 5.74) is 2.60. The standard InChI is InChI=1S/C19H15FN2O4S/c1-8-14(9(2)26-22-8)12-7-13(23)21-16-15(10-4-3-5-11(20)6-10)18(19(24)25)27-17(12)16/h3-6,12H,7H2,1-2H3,(H,21,23)(H,24,25). The maximum absolute atomic E-state index is 13.8. The summed E-state index contributed by atoms with van der Waals surface area (Å²) >= 11 is 1.09. The molecule has 0 fully saturated rings. The van der Waals surface area contributed by atoms with Crippen molar-refractivity contribution < 1.29 is 23.6 Å². The Labute approximate surface area is 157 Å². The molecule has 0 bridgehead atoms. The number of hydrogen-bond acceptors (Lipinski definition) is 5. The van der Waals surface area contributed by atoms with Gasteiger partial charge in [0.1, 0.15) is 16.5 Å². The Kier molecular flexibility index (Phi) is 4.07. The van der Waals surface area contributed by atoms with Crippen molar-refractivity contribution >= 4 is 28.9 Å². The highest BCUT2D eigenvalue weighted by Gasteiger charge is 2.36. The average Bonchev–Trinajstić information content (AvgIpc) is 3.14. The highest BCUT2D eigenvalue weighted by Crippen LogP contribution is 2.50. The van der Waals surface area contributed by atoms with Crippen molar-refractivity contribution in [1.82, 2.24) is 5.16 Å². The first kappa shape index (κ1) is 17.4. The quantitative estimate of drug-likeness (QED) is 0.699. The highest BCUT2D eigenvalue weighted by atomic mass is 32.1. The number of carboxylic acid groups (broad SMARTS) is 1. The molecule has 27 heavy (non-hydrogen) atoms. The number of hydrogen-bond donors (Lipinski definition) is 2. The lowest BCUT2D eigenvalue weighted by atomic mass is 9.87. The van der Waals surface area contributed by atoms with Crippen molar-refractivity contribution in [3.05, 3.63) is 56.9 Å². The van der Waals surface area contributed by atoms with Gasteiger partial charge in [-0.3, -0.25) is 4.79 Å². The number of thiophene rings is 1. The Balaban J connectivity index is 1.99. The first-order valence-electron chi connectivity index (χ1n) is 8.25. The Morgan fingerprint density at radius 1 is 1.41 bits per heavy atom. The van der Waals surface area contributed by atoms with Crippen LogP contribution in [0.5, 0.6) is 0 Å². The van der Waals surface area contributed by atoms with Gasteiger partial charge < -0.3 is 14.9 Å². The van der Waals surface area contributed by atoms with Gasteiger partial charge in [-0.25, -0.2) is 9.18 Å². The van der Waals surface area contributed by atoms with Crippen molar-refractivity contribution in [2.75, 3.05) is 5.32 Å². The van der Waals surface area contributed by atoms with Gasteiger partial charge in [0.15, 0.2) is 0 Å². The fraction of sp³-hybridized carbons (Fsp3) is 0.211. The van der Waals surface area contributed by atoms with Gasteiger partial charge in [-0.2, -0.15) is 0 Å². The van der Waals surface area contributed by atoms with Crippen molar-refractivity contribution in [2.24, 2.45) is 0 Å². The first-order valence-corrected chi connectivity index (χ1v) is 9.07. The molecule has 1 aromatic carbocycles. The van der Waals surface area contributed by atoms with E-state index in [9.17, 15) is 19.1 Å². The maximum Gasteiger partial charge on any atom is 0.346 e. The zero-order valence-corrected chi connectivity index (χ0v) is 15.3. The second-order valence-electron chi connectivity index (χ2n) is 6.40. The molecule has 2 N–H and O–H groups in total. The Morgan fingerprint density at radius 3 is 2.81 bits per heavy atom. The van der Waals surface area contributed by atoms with Gasteiger partial charge in [-0.05, 0) is 31.5 Å². The monoisotopic (exact) mass is 386 g/mol. The van der Waals surface area contributed by atoms with Gasteiger partial charge in [0.2, 0.25) is 5.91 Å². The molecule has 1 amide bonds. The molecule has 8 heteroatoms. The lowest BCUT2D eigenvalue weighted by Crippen LogP contribution is -2.23. The van der Waals surface area contributed by atoms with Crippen LogP contribution in [0.2, 0.25) is 0 Å². The molecule has 0 spiro atoms. The number of aromatic nitrogens is 1. The zero-order chi connectivity index (χ0) is 19.3. The predicted molar refractivity (Wildman–Crippen MR) is 97.7 cm³/mol.